The third-order valence-corrected chi connectivity index (χ3v) is 12.6. The minimum Gasteiger partial charge on any atom is -0.310 e. The van der Waals surface area contributed by atoms with Crippen LogP contribution in [0.15, 0.2) is 140 Å². The van der Waals surface area contributed by atoms with Crippen molar-refractivity contribution in [2.24, 2.45) is 0 Å². The lowest BCUT2D eigenvalue weighted by molar-refractivity contribution is 0.657. The second kappa shape index (κ2) is 11.6. The Labute approximate surface area is 311 Å². The first kappa shape index (κ1) is 30.7. The van der Waals surface area contributed by atoms with E-state index in [0.29, 0.717) is 5.92 Å². The molecule has 0 saturated carbocycles. The van der Waals surface area contributed by atoms with Crippen LogP contribution in [0.3, 0.4) is 0 Å². The molecule has 4 aliphatic rings. The Morgan fingerprint density at radius 2 is 1.19 bits per heavy atom. The molecule has 11 rings (SSSR count). The van der Waals surface area contributed by atoms with Crippen LogP contribution in [0.5, 0.6) is 0 Å². The summed E-state index contributed by atoms with van der Waals surface area (Å²) in [6, 6.07) is 39.6. The van der Waals surface area contributed by atoms with Gasteiger partial charge in [-0.3, -0.25) is 0 Å². The predicted molar refractivity (Wildman–Crippen MR) is 223 cm³/mol. The minimum absolute atomic E-state index is 0.0793. The molecule has 0 fully saturated rings. The Morgan fingerprint density at radius 1 is 0.566 bits per heavy atom. The quantitative estimate of drug-likeness (QED) is 0.175. The molecule has 0 saturated heterocycles. The normalized spacial score (nSPS) is 17.7. The van der Waals surface area contributed by atoms with Gasteiger partial charge in [-0.1, -0.05) is 105 Å². The van der Waals surface area contributed by atoms with Gasteiger partial charge in [0.1, 0.15) is 0 Å². The first-order valence-electron chi connectivity index (χ1n) is 19.4. The number of rotatable bonds is 4. The zero-order chi connectivity index (χ0) is 35.3. The molecular formula is C51H42N2. The number of para-hydroxylation sites is 1. The summed E-state index contributed by atoms with van der Waals surface area (Å²) in [7, 11) is 0. The van der Waals surface area contributed by atoms with Gasteiger partial charge in [0.05, 0.1) is 11.0 Å². The first-order chi connectivity index (χ1) is 26.0. The van der Waals surface area contributed by atoms with Crippen LogP contribution >= 0.6 is 0 Å². The summed E-state index contributed by atoms with van der Waals surface area (Å²) in [5, 5.41) is 2.74. The van der Waals surface area contributed by atoms with E-state index in [9.17, 15) is 0 Å². The molecular weight excluding hydrogens is 641 g/mol. The Morgan fingerprint density at radius 3 is 1.83 bits per heavy atom. The fraction of sp³-hybridized carbons (Fsp3) is 0.176. The summed E-state index contributed by atoms with van der Waals surface area (Å²) in [6.45, 7) is 4.82. The molecule has 0 bridgehead atoms. The van der Waals surface area contributed by atoms with Crippen molar-refractivity contribution in [3.63, 3.8) is 0 Å². The molecule has 0 amide bonds. The maximum Gasteiger partial charge on any atom is 0.0538 e. The Balaban J connectivity index is 1.02. The molecule has 0 spiro atoms. The smallest absolute Gasteiger partial charge is 0.0538 e. The molecule has 0 radical (unpaired) electrons. The lowest BCUT2D eigenvalue weighted by atomic mass is 9.80. The van der Waals surface area contributed by atoms with E-state index < -0.39 is 0 Å². The molecule has 4 aliphatic carbocycles. The summed E-state index contributed by atoms with van der Waals surface area (Å²) in [4.78, 5) is 0. The monoisotopic (exact) mass is 682 g/mol. The maximum atomic E-state index is 2.53. The molecule has 256 valence electrons. The molecule has 0 aliphatic heterocycles. The van der Waals surface area contributed by atoms with Crippen molar-refractivity contribution in [3.05, 3.63) is 179 Å². The van der Waals surface area contributed by atoms with Crippen molar-refractivity contribution >= 4 is 34.0 Å². The van der Waals surface area contributed by atoms with Crippen LogP contribution in [0, 0.1) is 0 Å². The van der Waals surface area contributed by atoms with E-state index in [4.69, 9.17) is 0 Å². The van der Waals surface area contributed by atoms with Crippen LogP contribution in [0.25, 0.3) is 67.6 Å². The molecule has 5 aromatic carbocycles. The van der Waals surface area contributed by atoms with E-state index in [1.54, 1.807) is 0 Å². The predicted octanol–water partition coefficient (Wildman–Crippen LogP) is 13.1. The van der Waals surface area contributed by atoms with Crippen LogP contribution in [0.4, 0.5) is 0 Å². The van der Waals surface area contributed by atoms with Crippen molar-refractivity contribution in [3.8, 4) is 33.6 Å². The summed E-state index contributed by atoms with van der Waals surface area (Å²) >= 11 is 0. The highest BCUT2D eigenvalue weighted by atomic mass is 15.0. The van der Waals surface area contributed by atoms with Crippen molar-refractivity contribution in [1.82, 2.24) is 9.13 Å². The molecule has 2 aromatic heterocycles. The van der Waals surface area contributed by atoms with Crippen molar-refractivity contribution in [2.45, 2.75) is 57.3 Å². The van der Waals surface area contributed by atoms with Gasteiger partial charge in [-0.25, -0.2) is 0 Å². The zero-order valence-corrected chi connectivity index (χ0v) is 30.4. The number of benzene rings is 5. The van der Waals surface area contributed by atoms with Crippen molar-refractivity contribution in [1.29, 1.82) is 0 Å². The second-order valence-corrected chi connectivity index (χ2v) is 15.9. The lowest BCUT2D eigenvalue weighted by Gasteiger charge is -2.24. The van der Waals surface area contributed by atoms with Crippen LogP contribution in [0.2, 0.25) is 0 Å². The van der Waals surface area contributed by atoms with Gasteiger partial charge >= 0.3 is 0 Å². The number of aromatic nitrogens is 2. The number of fused-ring (bicyclic) bond motifs is 9. The number of aryl methyl sites for hydroxylation is 2. The molecule has 53 heavy (non-hydrogen) atoms. The molecule has 2 heterocycles. The Bertz CT molecular complexity index is 2770. The molecule has 1 unspecified atom stereocenters. The SMILES string of the molecule is CC1(C)c2cc(C3C=CC=CC3)ccc2-c2ccc(-n3c4c(c5cc(-c6ccc7c(c6)c6c(n7-c7ccccc7)C=CCC6)ccc53)CCC=C4)cc21. The molecule has 2 heteroatoms. The average molecular weight is 683 g/mol. The Hall–Kier alpha value is -5.86. The standard InChI is InChI=1S/C51H42N2/c1-51(2)45-31-36(33-13-5-3-6-14-33)21-25-39(45)40-26-24-38(32-46(40)51)53-48-20-12-10-18-42(48)44-30-35(23-28-50(44)53)34-22-27-49-43(29-34)41-17-9-11-19-47(41)52(49)37-15-7-4-8-16-37/h3-8,11-13,15-16,19-33H,9-10,14,17-18H2,1-2H3. The molecule has 1 atom stereocenters. The second-order valence-electron chi connectivity index (χ2n) is 15.9. The van der Waals surface area contributed by atoms with Gasteiger partial charge in [0.15, 0.2) is 0 Å². The number of allylic oxidation sites excluding steroid dienone is 6. The minimum atomic E-state index is -0.0793. The summed E-state index contributed by atoms with van der Waals surface area (Å²) in [6.07, 6.45) is 23.7. The maximum absolute atomic E-state index is 2.53. The highest BCUT2D eigenvalue weighted by Gasteiger charge is 2.36. The topological polar surface area (TPSA) is 9.86 Å². The van der Waals surface area contributed by atoms with E-state index in [1.165, 1.54) is 94.6 Å². The molecule has 2 nitrogen and oxygen atoms in total. The van der Waals surface area contributed by atoms with Gasteiger partial charge in [-0.2, -0.15) is 0 Å². The summed E-state index contributed by atoms with van der Waals surface area (Å²) in [5.41, 5.74) is 20.1. The van der Waals surface area contributed by atoms with Gasteiger partial charge < -0.3 is 9.13 Å². The number of nitrogens with zero attached hydrogens (tertiary/aromatic N) is 2. The summed E-state index contributed by atoms with van der Waals surface area (Å²) in [5.74, 6) is 0.453. The van der Waals surface area contributed by atoms with Crippen molar-refractivity contribution in [2.75, 3.05) is 0 Å². The van der Waals surface area contributed by atoms with Gasteiger partial charge in [0.25, 0.3) is 0 Å². The fourth-order valence-corrected chi connectivity index (χ4v) is 9.91. The average Bonchev–Trinajstić information content (AvgIpc) is 3.80. The highest BCUT2D eigenvalue weighted by molar-refractivity contribution is 5.97. The van der Waals surface area contributed by atoms with Gasteiger partial charge in [-0.05, 0) is 143 Å². The van der Waals surface area contributed by atoms with E-state index >= 15 is 0 Å². The lowest BCUT2D eigenvalue weighted by Crippen LogP contribution is -2.16. The van der Waals surface area contributed by atoms with Gasteiger partial charge in [-0.15, -0.1) is 0 Å². The van der Waals surface area contributed by atoms with E-state index in [1.807, 2.05) is 0 Å². The fourth-order valence-electron chi connectivity index (χ4n) is 9.91. The van der Waals surface area contributed by atoms with Crippen LogP contribution in [-0.2, 0) is 18.3 Å². The van der Waals surface area contributed by atoms with Crippen LogP contribution in [-0.4, -0.2) is 9.13 Å². The molecule has 7 aromatic rings. The van der Waals surface area contributed by atoms with Crippen LogP contribution < -0.4 is 0 Å². The third kappa shape index (κ3) is 4.58. The largest absolute Gasteiger partial charge is 0.310 e. The van der Waals surface area contributed by atoms with Gasteiger partial charge in [0, 0.05) is 44.9 Å². The van der Waals surface area contributed by atoms with Crippen LogP contribution in [0.1, 0.15) is 78.2 Å². The molecule has 0 N–H and O–H groups in total. The Kier molecular flexibility index (Phi) is 6.71. The van der Waals surface area contributed by atoms with Crippen molar-refractivity contribution < 1.29 is 0 Å². The number of hydrogen-bond acceptors (Lipinski definition) is 0. The van der Waals surface area contributed by atoms with E-state index in [-0.39, 0.29) is 5.41 Å². The van der Waals surface area contributed by atoms with E-state index in [0.717, 1.165) is 32.1 Å². The third-order valence-electron chi connectivity index (χ3n) is 12.6. The van der Waals surface area contributed by atoms with E-state index in [2.05, 4.69) is 175 Å². The first-order valence-corrected chi connectivity index (χ1v) is 19.4. The number of hydrogen-bond donors (Lipinski definition) is 0. The van der Waals surface area contributed by atoms with Gasteiger partial charge in [0.2, 0.25) is 0 Å². The summed E-state index contributed by atoms with van der Waals surface area (Å²) < 4.78 is 4.97. The zero-order valence-electron chi connectivity index (χ0n) is 30.4. The highest BCUT2D eigenvalue weighted by Crippen LogP contribution is 2.51.